The molecule has 22 heavy (non-hydrogen) atoms. The van der Waals surface area contributed by atoms with E-state index in [1.807, 2.05) is 0 Å². The molecule has 0 radical (unpaired) electrons. The summed E-state index contributed by atoms with van der Waals surface area (Å²) < 4.78 is 44.4. The van der Waals surface area contributed by atoms with Crippen LogP contribution in [-0.4, -0.2) is 27.5 Å². The van der Waals surface area contributed by atoms with E-state index in [1.165, 1.54) is 6.07 Å². The van der Waals surface area contributed by atoms with Crippen LogP contribution in [0.15, 0.2) is 30.3 Å². The van der Waals surface area contributed by atoms with Crippen LogP contribution in [-0.2, 0) is 4.74 Å². The molecule has 0 fully saturated rings. The maximum atomic E-state index is 12.8. The van der Waals surface area contributed by atoms with Crippen molar-refractivity contribution in [3.8, 4) is 0 Å². The Kier molecular flexibility index (Phi) is 3.95. The van der Waals surface area contributed by atoms with Gasteiger partial charge in [-0.15, -0.1) is 0 Å². The highest BCUT2D eigenvalue weighted by Gasteiger charge is 2.42. The Morgan fingerprint density at radius 2 is 1.82 bits per heavy atom. The summed E-state index contributed by atoms with van der Waals surface area (Å²) in [5.74, 6) is 0. The first-order chi connectivity index (χ1) is 10.0. The van der Waals surface area contributed by atoms with Crippen molar-refractivity contribution in [2.24, 2.45) is 0 Å². The van der Waals surface area contributed by atoms with E-state index in [9.17, 15) is 23.1 Å². The fourth-order valence-corrected chi connectivity index (χ4v) is 2.06. The lowest BCUT2D eigenvalue weighted by Crippen LogP contribution is -2.30. The molecule has 4 nitrogen and oxygen atoms in total. The number of nitrogens with zero attached hydrogens (tertiary/aromatic N) is 1. The lowest BCUT2D eigenvalue weighted by atomic mass is 10.2. The minimum Gasteiger partial charge on any atom is -0.443 e. The van der Waals surface area contributed by atoms with E-state index in [4.69, 9.17) is 4.74 Å². The third kappa shape index (κ3) is 3.24. The molecule has 0 spiro atoms. The Morgan fingerprint density at radius 1 is 1.23 bits per heavy atom. The second-order valence-corrected chi connectivity index (χ2v) is 5.89. The van der Waals surface area contributed by atoms with Gasteiger partial charge >= 0.3 is 12.3 Å². The molecule has 1 N–H and O–H groups in total. The summed E-state index contributed by atoms with van der Waals surface area (Å²) in [5, 5.41) is 9.94. The summed E-state index contributed by atoms with van der Waals surface area (Å²) in [5.41, 5.74) is -1.19. The lowest BCUT2D eigenvalue weighted by Gasteiger charge is -2.22. The topological polar surface area (TPSA) is 51.5 Å². The number of carbonyl (C=O) groups excluding carboxylic acids is 1. The number of carbonyl (C=O) groups is 1. The Morgan fingerprint density at radius 3 is 2.36 bits per heavy atom. The minimum atomic E-state index is -4.88. The van der Waals surface area contributed by atoms with Crippen molar-refractivity contribution in [1.29, 1.82) is 0 Å². The summed E-state index contributed by atoms with van der Waals surface area (Å²) in [4.78, 5) is 12.2. The van der Waals surface area contributed by atoms with Crippen LogP contribution >= 0.6 is 0 Å². The summed E-state index contributed by atoms with van der Waals surface area (Å²) in [6.07, 6.45) is -8.62. The van der Waals surface area contributed by atoms with E-state index < -0.39 is 29.7 Å². The third-order valence-electron chi connectivity index (χ3n) is 2.91. The van der Waals surface area contributed by atoms with Crippen molar-refractivity contribution >= 4 is 17.0 Å². The van der Waals surface area contributed by atoms with E-state index in [1.54, 1.807) is 39.0 Å². The van der Waals surface area contributed by atoms with Crippen molar-refractivity contribution in [3.63, 3.8) is 0 Å². The molecule has 0 aliphatic rings. The average molecular weight is 315 g/mol. The van der Waals surface area contributed by atoms with Crippen LogP contribution in [0.25, 0.3) is 10.9 Å². The van der Waals surface area contributed by atoms with Crippen LogP contribution in [0, 0.1) is 0 Å². The molecule has 1 atom stereocenters. The number of aliphatic hydroxyl groups excluding tert-OH is 1. The fraction of sp³-hybridized carbons (Fsp3) is 0.400. The molecule has 0 amide bonds. The number of rotatable bonds is 1. The van der Waals surface area contributed by atoms with Gasteiger partial charge in [0.1, 0.15) is 5.60 Å². The Hall–Kier alpha value is -2.02. The second-order valence-electron chi connectivity index (χ2n) is 5.89. The highest BCUT2D eigenvalue weighted by Crippen LogP contribution is 2.35. The molecule has 0 aliphatic heterocycles. The first kappa shape index (κ1) is 16.4. The number of aliphatic hydroxyl groups is 1. The van der Waals surface area contributed by atoms with Crippen molar-refractivity contribution in [1.82, 2.24) is 4.57 Å². The minimum absolute atomic E-state index is 0.245. The molecule has 2 rings (SSSR count). The molecular weight excluding hydrogens is 299 g/mol. The summed E-state index contributed by atoms with van der Waals surface area (Å²) in [7, 11) is 0. The molecule has 0 aliphatic carbocycles. The maximum absolute atomic E-state index is 12.8. The molecule has 1 aromatic heterocycles. The number of aromatic nitrogens is 1. The quantitative estimate of drug-likeness (QED) is 0.864. The van der Waals surface area contributed by atoms with E-state index in [2.05, 4.69) is 0 Å². The highest BCUT2D eigenvalue weighted by atomic mass is 19.4. The number of fused-ring (bicyclic) bond motifs is 1. The number of ether oxygens (including phenoxy) is 1. The van der Waals surface area contributed by atoms with Gasteiger partial charge in [-0.1, -0.05) is 18.2 Å². The third-order valence-corrected chi connectivity index (χ3v) is 2.91. The lowest BCUT2D eigenvalue weighted by molar-refractivity contribution is -0.208. The predicted molar refractivity (Wildman–Crippen MR) is 74.6 cm³/mol. The normalized spacial score (nSPS) is 14.1. The Bertz CT molecular complexity index is 698. The zero-order valence-electron chi connectivity index (χ0n) is 12.3. The van der Waals surface area contributed by atoms with Gasteiger partial charge in [-0.3, -0.25) is 0 Å². The van der Waals surface area contributed by atoms with Gasteiger partial charge in [0, 0.05) is 5.39 Å². The number of benzene rings is 1. The molecule has 0 unspecified atom stereocenters. The smallest absolute Gasteiger partial charge is 0.420 e. The average Bonchev–Trinajstić information content (AvgIpc) is 2.73. The molecule has 7 heteroatoms. The van der Waals surface area contributed by atoms with Crippen molar-refractivity contribution in [3.05, 3.63) is 36.0 Å². The number of halogens is 3. The second kappa shape index (κ2) is 5.31. The number of alkyl halides is 3. The zero-order valence-corrected chi connectivity index (χ0v) is 12.3. The first-order valence-corrected chi connectivity index (χ1v) is 6.59. The summed E-state index contributed by atoms with van der Waals surface area (Å²) in [6.45, 7) is 4.82. The maximum Gasteiger partial charge on any atom is 0.420 e. The van der Waals surface area contributed by atoms with Gasteiger partial charge in [-0.2, -0.15) is 13.2 Å². The number of hydrogen-bond donors (Lipinski definition) is 1. The largest absolute Gasteiger partial charge is 0.443 e. The predicted octanol–water partition coefficient (Wildman–Crippen LogP) is 4.02. The molecule has 120 valence electrons. The van der Waals surface area contributed by atoms with E-state index in [0.29, 0.717) is 5.39 Å². The highest BCUT2D eigenvalue weighted by molar-refractivity contribution is 5.91. The van der Waals surface area contributed by atoms with Gasteiger partial charge in [-0.25, -0.2) is 9.36 Å². The van der Waals surface area contributed by atoms with Crippen LogP contribution in [0.4, 0.5) is 18.0 Å². The Labute approximate surface area is 125 Å². The fourth-order valence-electron chi connectivity index (χ4n) is 2.06. The summed E-state index contributed by atoms with van der Waals surface area (Å²) in [6, 6.07) is 7.41. The van der Waals surface area contributed by atoms with E-state index in [0.717, 1.165) is 10.6 Å². The van der Waals surface area contributed by atoms with Crippen LogP contribution < -0.4 is 0 Å². The molecular formula is C15H16F3NO3. The Balaban J connectivity index is 2.61. The SMILES string of the molecule is CC(C)(C)OC(=O)n1c([C@H](O)C(F)(F)F)cc2ccccc21. The molecule has 0 bridgehead atoms. The van der Waals surface area contributed by atoms with Gasteiger partial charge < -0.3 is 9.84 Å². The van der Waals surface area contributed by atoms with Gasteiger partial charge in [0.25, 0.3) is 0 Å². The van der Waals surface area contributed by atoms with Crippen LogP contribution in [0.2, 0.25) is 0 Å². The van der Waals surface area contributed by atoms with Crippen LogP contribution in [0.3, 0.4) is 0 Å². The summed E-state index contributed by atoms with van der Waals surface area (Å²) >= 11 is 0. The van der Waals surface area contributed by atoms with Gasteiger partial charge in [-0.05, 0) is 32.9 Å². The van der Waals surface area contributed by atoms with Crippen molar-refractivity contribution in [2.45, 2.75) is 38.7 Å². The molecule has 0 saturated heterocycles. The first-order valence-electron chi connectivity index (χ1n) is 6.59. The number of para-hydroxylation sites is 1. The van der Waals surface area contributed by atoms with Gasteiger partial charge in [0.15, 0.2) is 6.10 Å². The molecule has 0 saturated carbocycles. The molecule has 1 aromatic carbocycles. The van der Waals surface area contributed by atoms with E-state index in [-0.39, 0.29) is 5.52 Å². The standard InChI is InChI=1S/C15H16F3NO3/c1-14(2,3)22-13(21)19-10-7-5-4-6-9(10)8-11(19)12(20)15(16,17)18/h4-8,12,20H,1-3H3/t12-/m0/s1. The molecule has 2 aromatic rings. The van der Waals surface area contributed by atoms with Crippen molar-refractivity contribution < 1.29 is 27.8 Å². The van der Waals surface area contributed by atoms with Crippen LogP contribution in [0.1, 0.15) is 32.6 Å². The van der Waals surface area contributed by atoms with Crippen molar-refractivity contribution in [2.75, 3.05) is 0 Å². The van der Waals surface area contributed by atoms with Gasteiger partial charge in [0.2, 0.25) is 0 Å². The monoisotopic (exact) mass is 315 g/mol. The number of hydrogen-bond acceptors (Lipinski definition) is 3. The molecule has 1 heterocycles. The van der Waals surface area contributed by atoms with Gasteiger partial charge in [0.05, 0.1) is 11.2 Å². The van der Waals surface area contributed by atoms with E-state index >= 15 is 0 Å². The zero-order chi connectivity index (χ0) is 16.7. The van der Waals surface area contributed by atoms with Crippen LogP contribution in [0.5, 0.6) is 0 Å².